The fourth-order valence-corrected chi connectivity index (χ4v) is 3.43. The van der Waals surface area contributed by atoms with Crippen molar-refractivity contribution in [3.63, 3.8) is 0 Å². The summed E-state index contributed by atoms with van der Waals surface area (Å²) in [5, 5.41) is 3.11. The minimum Gasteiger partial charge on any atom is -0.367 e. The van der Waals surface area contributed by atoms with Crippen LogP contribution in [0.3, 0.4) is 0 Å². The first-order valence-electron chi connectivity index (χ1n) is 8.96. The summed E-state index contributed by atoms with van der Waals surface area (Å²) in [5.41, 5.74) is 3.29. The summed E-state index contributed by atoms with van der Waals surface area (Å²) in [7, 11) is 0. The van der Waals surface area contributed by atoms with Crippen LogP contribution < -0.4 is 10.2 Å². The standard InChI is InChI=1S/C21H26N2O/c1-2-7-17-11-13-18(14-12-17)21(24)22-16-20-10-6-15-23(20)19-8-4-3-5-9-19/h3-5,8-9,11-14,20H,2,6-7,10,15-16H2,1H3,(H,22,24). The van der Waals surface area contributed by atoms with Gasteiger partial charge in [0.25, 0.3) is 5.91 Å². The zero-order valence-electron chi connectivity index (χ0n) is 14.4. The summed E-state index contributed by atoms with van der Waals surface area (Å²) < 4.78 is 0. The van der Waals surface area contributed by atoms with Gasteiger partial charge in [0.05, 0.1) is 0 Å². The van der Waals surface area contributed by atoms with Crippen LogP contribution in [0.5, 0.6) is 0 Å². The van der Waals surface area contributed by atoms with E-state index in [1.807, 2.05) is 18.2 Å². The van der Waals surface area contributed by atoms with E-state index in [9.17, 15) is 4.79 Å². The normalized spacial score (nSPS) is 17.0. The average Bonchev–Trinajstić information content (AvgIpc) is 3.10. The Bertz CT molecular complexity index is 651. The Morgan fingerprint density at radius 3 is 2.58 bits per heavy atom. The van der Waals surface area contributed by atoms with Crippen LogP contribution in [0.4, 0.5) is 5.69 Å². The first kappa shape index (κ1) is 16.6. The predicted octanol–water partition coefficient (Wildman–Crippen LogP) is 4.04. The van der Waals surface area contributed by atoms with Gasteiger partial charge in [0, 0.05) is 30.4 Å². The molecule has 1 atom stereocenters. The second-order valence-electron chi connectivity index (χ2n) is 6.48. The number of para-hydroxylation sites is 1. The maximum Gasteiger partial charge on any atom is 0.251 e. The molecule has 0 spiro atoms. The molecule has 1 fully saturated rings. The van der Waals surface area contributed by atoms with Crippen molar-refractivity contribution in [1.82, 2.24) is 5.32 Å². The van der Waals surface area contributed by atoms with E-state index >= 15 is 0 Å². The highest BCUT2D eigenvalue weighted by atomic mass is 16.1. The highest BCUT2D eigenvalue weighted by Crippen LogP contribution is 2.24. The molecular weight excluding hydrogens is 296 g/mol. The molecule has 2 aromatic carbocycles. The lowest BCUT2D eigenvalue weighted by molar-refractivity contribution is 0.0951. The zero-order chi connectivity index (χ0) is 16.8. The molecule has 0 saturated carbocycles. The smallest absolute Gasteiger partial charge is 0.251 e. The Hall–Kier alpha value is -2.29. The fraction of sp³-hybridized carbons (Fsp3) is 0.381. The van der Waals surface area contributed by atoms with Crippen molar-refractivity contribution in [1.29, 1.82) is 0 Å². The molecule has 3 nitrogen and oxygen atoms in total. The maximum absolute atomic E-state index is 12.4. The van der Waals surface area contributed by atoms with Gasteiger partial charge in [0.1, 0.15) is 0 Å². The lowest BCUT2D eigenvalue weighted by Gasteiger charge is -2.27. The zero-order valence-corrected chi connectivity index (χ0v) is 14.4. The molecule has 1 N–H and O–H groups in total. The Labute approximate surface area is 144 Å². The molecule has 1 saturated heterocycles. The molecule has 0 aliphatic carbocycles. The molecule has 0 aromatic heterocycles. The first-order chi connectivity index (χ1) is 11.8. The van der Waals surface area contributed by atoms with Crippen LogP contribution in [-0.4, -0.2) is 25.0 Å². The summed E-state index contributed by atoms with van der Waals surface area (Å²) in [6.45, 7) is 3.93. The Morgan fingerprint density at radius 2 is 1.88 bits per heavy atom. The molecule has 3 heteroatoms. The van der Waals surface area contributed by atoms with Gasteiger partial charge in [0.2, 0.25) is 0 Å². The minimum absolute atomic E-state index is 0.0259. The lowest BCUT2D eigenvalue weighted by atomic mass is 10.1. The molecule has 126 valence electrons. The number of carbonyl (C=O) groups is 1. The van der Waals surface area contributed by atoms with E-state index in [-0.39, 0.29) is 5.91 Å². The molecule has 1 aliphatic heterocycles. The summed E-state index contributed by atoms with van der Waals surface area (Å²) in [4.78, 5) is 14.8. The molecule has 0 bridgehead atoms. The molecule has 1 aliphatic rings. The van der Waals surface area contributed by atoms with E-state index in [1.54, 1.807) is 0 Å². The first-order valence-corrected chi connectivity index (χ1v) is 8.96. The van der Waals surface area contributed by atoms with Crippen molar-refractivity contribution < 1.29 is 4.79 Å². The average molecular weight is 322 g/mol. The largest absolute Gasteiger partial charge is 0.367 e. The molecule has 2 aromatic rings. The Balaban J connectivity index is 1.57. The van der Waals surface area contributed by atoms with Gasteiger partial charge in [-0.25, -0.2) is 0 Å². The number of nitrogens with zero attached hydrogens (tertiary/aromatic N) is 1. The van der Waals surface area contributed by atoms with Gasteiger partial charge in [-0.15, -0.1) is 0 Å². The van der Waals surface area contributed by atoms with Crippen molar-refractivity contribution in [2.45, 2.75) is 38.6 Å². The van der Waals surface area contributed by atoms with Crippen molar-refractivity contribution in [3.05, 3.63) is 65.7 Å². The number of hydrogen-bond donors (Lipinski definition) is 1. The Morgan fingerprint density at radius 1 is 1.12 bits per heavy atom. The maximum atomic E-state index is 12.4. The summed E-state index contributed by atoms with van der Waals surface area (Å²) in [5.74, 6) is 0.0259. The second-order valence-corrected chi connectivity index (χ2v) is 6.48. The quantitative estimate of drug-likeness (QED) is 0.870. The van der Waals surface area contributed by atoms with Gasteiger partial charge in [-0.2, -0.15) is 0 Å². The predicted molar refractivity (Wildman–Crippen MR) is 99.6 cm³/mol. The number of nitrogens with one attached hydrogen (secondary N) is 1. The molecular formula is C21H26N2O. The second kappa shape index (κ2) is 8.00. The highest BCUT2D eigenvalue weighted by Gasteiger charge is 2.25. The summed E-state index contributed by atoms with van der Waals surface area (Å²) in [6, 6.07) is 18.8. The molecule has 1 heterocycles. The molecule has 3 rings (SSSR count). The topological polar surface area (TPSA) is 32.3 Å². The third-order valence-corrected chi connectivity index (χ3v) is 4.72. The number of anilines is 1. The number of benzene rings is 2. The lowest BCUT2D eigenvalue weighted by Crippen LogP contribution is -2.40. The number of rotatable bonds is 6. The van der Waals surface area contributed by atoms with Crippen LogP contribution in [0.2, 0.25) is 0 Å². The highest BCUT2D eigenvalue weighted by molar-refractivity contribution is 5.94. The van der Waals surface area contributed by atoms with Crippen LogP contribution in [-0.2, 0) is 6.42 Å². The van der Waals surface area contributed by atoms with Crippen molar-refractivity contribution >= 4 is 11.6 Å². The van der Waals surface area contributed by atoms with E-state index in [2.05, 4.69) is 53.5 Å². The van der Waals surface area contributed by atoms with Crippen molar-refractivity contribution in [2.24, 2.45) is 0 Å². The summed E-state index contributed by atoms with van der Waals surface area (Å²) >= 11 is 0. The minimum atomic E-state index is 0.0259. The monoisotopic (exact) mass is 322 g/mol. The van der Waals surface area contributed by atoms with E-state index in [4.69, 9.17) is 0 Å². The molecule has 24 heavy (non-hydrogen) atoms. The SMILES string of the molecule is CCCc1ccc(C(=O)NCC2CCCN2c2ccccc2)cc1. The van der Waals surface area contributed by atoms with Gasteiger partial charge < -0.3 is 10.2 Å². The third-order valence-electron chi connectivity index (χ3n) is 4.72. The van der Waals surface area contributed by atoms with E-state index in [1.165, 1.54) is 17.7 Å². The molecule has 1 amide bonds. The van der Waals surface area contributed by atoms with Crippen LogP contribution in [0.15, 0.2) is 54.6 Å². The third kappa shape index (κ3) is 3.97. The summed E-state index contributed by atoms with van der Waals surface area (Å²) in [6.07, 6.45) is 4.50. The van der Waals surface area contributed by atoms with Gasteiger partial charge in [-0.1, -0.05) is 43.7 Å². The fourth-order valence-electron chi connectivity index (χ4n) is 3.43. The van der Waals surface area contributed by atoms with Gasteiger partial charge in [-0.3, -0.25) is 4.79 Å². The van der Waals surface area contributed by atoms with Gasteiger partial charge in [0.15, 0.2) is 0 Å². The van der Waals surface area contributed by atoms with Crippen LogP contribution >= 0.6 is 0 Å². The van der Waals surface area contributed by atoms with Crippen molar-refractivity contribution in [3.8, 4) is 0 Å². The van der Waals surface area contributed by atoms with Crippen LogP contribution in [0.25, 0.3) is 0 Å². The van der Waals surface area contributed by atoms with Crippen LogP contribution in [0.1, 0.15) is 42.1 Å². The van der Waals surface area contributed by atoms with Crippen LogP contribution in [0, 0.1) is 0 Å². The van der Waals surface area contributed by atoms with Gasteiger partial charge in [-0.05, 0) is 49.1 Å². The van der Waals surface area contributed by atoms with Gasteiger partial charge >= 0.3 is 0 Å². The Kier molecular flexibility index (Phi) is 5.52. The van der Waals surface area contributed by atoms with E-state index in [0.717, 1.165) is 31.4 Å². The number of hydrogen-bond acceptors (Lipinski definition) is 2. The molecule has 1 unspecified atom stereocenters. The van der Waals surface area contributed by atoms with E-state index in [0.29, 0.717) is 12.6 Å². The molecule has 0 radical (unpaired) electrons. The van der Waals surface area contributed by atoms with Crippen molar-refractivity contribution in [2.75, 3.05) is 18.0 Å². The number of carbonyl (C=O) groups excluding carboxylic acids is 1. The number of aryl methyl sites for hydroxylation is 1. The van der Waals surface area contributed by atoms with E-state index < -0.39 is 0 Å². The number of amides is 1.